The van der Waals surface area contributed by atoms with Gasteiger partial charge in [-0.2, -0.15) is 11.8 Å². The summed E-state index contributed by atoms with van der Waals surface area (Å²) in [4.78, 5) is 0. The zero-order chi connectivity index (χ0) is 11.4. The topological polar surface area (TPSA) is 20.2 Å². The van der Waals surface area contributed by atoms with Crippen molar-refractivity contribution in [2.75, 3.05) is 12.0 Å². The van der Waals surface area contributed by atoms with Gasteiger partial charge in [0.15, 0.2) is 11.6 Å². The zero-order valence-electron chi connectivity index (χ0n) is 8.76. The molecule has 1 atom stereocenters. The highest BCUT2D eigenvalue weighted by Gasteiger charge is 2.16. The van der Waals surface area contributed by atoms with Crippen molar-refractivity contribution in [2.45, 2.75) is 19.4 Å². The molecule has 1 aromatic carbocycles. The minimum Gasteiger partial charge on any atom is -0.388 e. The second kappa shape index (κ2) is 5.47. The Morgan fingerprint density at radius 1 is 1.33 bits per heavy atom. The fourth-order valence-corrected chi connectivity index (χ4v) is 1.76. The Hall–Kier alpha value is -0.610. The van der Waals surface area contributed by atoms with Gasteiger partial charge in [-0.25, -0.2) is 8.78 Å². The second-order valence-electron chi connectivity index (χ2n) is 3.40. The molecule has 0 aromatic heterocycles. The third-order valence-electron chi connectivity index (χ3n) is 2.26. The Morgan fingerprint density at radius 2 is 2.00 bits per heavy atom. The molecule has 84 valence electrons. The number of hydrogen-bond acceptors (Lipinski definition) is 2. The van der Waals surface area contributed by atoms with Crippen LogP contribution in [0.2, 0.25) is 0 Å². The van der Waals surface area contributed by atoms with Crippen LogP contribution in [-0.4, -0.2) is 17.1 Å². The first-order valence-electron chi connectivity index (χ1n) is 4.69. The van der Waals surface area contributed by atoms with E-state index in [0.29, 0.717) is 6.42 Å². The molecule has 1 nitrogen and oxygen atoms in total. The predicted molar refractivity (Wildman–Crippen MR) is 59.1 cm³/mol. The van der Waals surface area contributed by atoms with E-state index in [1.165, 1.54) is 19.1 Å². The molecule has 0 spiro atoms. The standard InChI is InChI=1S/C11H14F2OS/c1-7-3-4-8(11(13)10(7)12)9(14)5-6-15-2/h3-4,9,14H,5-6H2,1-2H3. The van der Waals surface area contributed by atoms with E-state index < -0.39 is 17.7 Å². The van der Waals surface area contributed by atoms with Crippen molar-refractivity contribution in [3.05, 3.63) is 34.9 Å². The van der Waals surface area contributed by atoms with Crippen LogP contribution in [0, 0.1) is 18.6 Å². The molecule has 1 rings (SSSR count). The molecule has 1 N–H and O–H groups in total. The lowest BCUT2D eigenvalue weighted by Crippen LogP contribution is -2.04. The van der Waals surface area contributed by atoms with Crippen LogP contribution in [0.4, 0.5) is 8.78 Å². The van der Waals surface area contributed by atoms with Gasteiger partial charge in [0, 0.05) is 5.56 Å². The first-order valence-corrected chi connectivity index (χ1v) is 6.08. The average Bonchev–Trinajstić information content (AvgIpc) is 2.23. The molecule has 0 heterocycles. The maximum Gasteiger partial charge on any atom is 0.164 e. The van der Waals surface area contributed by atoms with Crippen LogP contribution < -0.4 is 0 Å². The Labute approximate surface area is 92.5 Å². The van der Waals surface area contributed by atoms with Gasteiger partial charge in [-0.05, 0) is 30.9 Å². The third-order valence-corrected chi connectivity index (χ3v) is 2.90. The second-order valence-corrected chi connectivity index (χ2v) is 4.38. The van der Waals surface area contributed by atoms with Crippen molar-refractivity contribution in [1.82, 2.24) is 0 Å². The zero-order valence-corrected chi connectivity index (χ0v) is 9.57. The molecule has 0 saturated heterocycles. The normalized spacial score (nSPS) is 12.9. The summed E-state index contributed by atoms with van der Waals surface area (Å²) in [6, 6.07) is 2.93. The lowest BCUT2D eigenvalue weighted by molar-refractivity contribution is 0.169. The minimum atomic E-state index is -0.927. The van der Waals surface area contributed by atoms with Crippen LogP contribution in [0.15, 0.2) is 12.1 Å². The van der Waals surface area contributed by atoms with Crippen LogP contribution in [0.25, 0.3) is 0 Å². The molecular formula is C11H14F2OS. The average molecular weight is 232 g/mol. The predicted octanol–water partition coefficient (Wildman–Crippen LogP) is 3.06. The highest BCUT2D eigenvalue weighted by molar-refractivity contribution is 7.98. The van der Waals surface area contributed by atoms with Gasteiger partial charge in [0.1, 0.15) is 0 Å². The molecular weight excluding hydrogens is 218 g/mol. The summed E-state index contributed by atoms with van der Waals surface area (Å²) < 4.78 is 26.6. The van der Waals surface area contributed by atoms with Crippen molar-refractivity contribution in [3.8, 4) is 0 Å². The van der Waals surface area contributed by atoms with Crippen LogP contribution in [0.1, 0.15) is 23.7 Å². The smallest absolute Gasteiger partial charge is 0.164 e. The molecule has 0 aliphatic rings. The Bertz CT molecular complexity index is 342. The van der Waals surface area contributed by atoms with Gasteiger partial charge in [-0.15, -0.1) is 0 Å². The quantitative estimate of drug-likeness (QED) is 0.861. The molecule has 0 radical (unpaired) electrons. The molecule has 0 aliphatic heterocycles. The van der Waals surface area contributed by atoms with E-state index in [2.05, 4.69) is 0 Å². The number of aliphatic hydroxyl groups excluding tert-OH is 1. The Kier molecular flexibility index (Phi) is 4.54. The SMILES string of the molecule is CSCCC(O)c1ccc(C)c(F)c1F. The van der Waals surface area contributed by atoms with E-state index in [1.54, 1.807) is 11.8 Å². The summed E-state index contributed by atoms with van der Waals surface area (Å²) in [5, 5.41) is 9.63. The number of thioether (sulfide) groups is 1. The molecule has 15 heavy (non-hydrogen) atoms. The van der Waals surface area contributed by atoms with E-state index in [1.807, 2.05) is 6.26 Å². The fourth-order valence-electron chi connectivity index (χ4n) is 1.30. The maximum atomic E-state index is 13.4. The number of aliphatic hydroxyl groups is 1. The molecule has 0 fully saturated rings. The van der Waals surface area contributed by atoms with Gasteiger partial charge < -0.3 is 5.11 Å². The van der Waals surface area contributed by atoms with E-state index in [9.17, 15) is 13.9 Å². The molecule has 0 saturated carbocycles. The molecule has 0 bridgehead atoms. The van der Waals surface area contributed by atoms with Gasteiger partial charge in [-0.3, -0.25) is 0 Å². The van der Waals surface area contributed by atoms with Crippen LogP contribution in [-0.2, 0) is 0 Å². The van der Waals surface area contributed by atoms with Crippen molar-refractivity contribution < 1.29 is 13.9 Å². The van der Waals surface area contributed by atoms with E-state index >= 15 is 0 Å². The van der Waals surface area contributed by atoms with Gasteiger partial charge >= 0.3 is 0 Å². The van der Waals surface area contributed by atoms with Gasteiger partial charge in [-0.1, -0.05) is 12.1 Å². The number of aryl methyl sites for hydroxylation is 1. The molecule has 0 aliphatic carbocycles. The molecule has 4 heteroatoms. The van der Waals surface area contributed by atoms with Crippen molar-refractivity contribution in [2.24, 2.45) is 0 Å². The van der Waals surface area contributed by atoms with Crippen molar-refractivity contribution in [3.63, 3.8) is 0 Å². The van der Waals surface area contributed by atoms with Crippen LogP contribution >= 0.6 is 11.8 Å². The van der Waals surface area contributed by atoms with Crippen LogP contribution in [0.3, 0.4) is 0 Å². The van der Waals surface area contributed by atoms with Gasteiger partial charge in [0.25, 0.3) is 0 Å². The van der Waals surface area contributed by atoms with Gasteiger partial charge in [0.05, 0.1) is 6.10 Å². The Morgan fingerprint density at radius 3 is 2.60 bits per heavy atom. The van der Waals surface area contributed by atoms with Gasteiger partial charge in [0.2, 0.25) is 0 Å². The summed E-state index contributed by atoms with van der Waals surface area (Å²) >= 11 is 1.56. The first-order chi connectivity index (χ1) is 7.07. The lowest BCUT2D eigenvalue weighted by Gasteiger charge is -2.12. The molecule has 0 amide bonds. The fraction of sp³-hybridized carbons (Fsp3) is 0.455. The largest absolute Gasteiger partial charge is 0.388 e. The van der Waals surface area contributed by atoms with E-state index in [-0.39, 0.29) is 11.1 Å². The highest BCUT2D eigenvalue weighted by atomic mass is 32.2. The summed E-state index contributed by atoms with van der Waals surface area (Å²) in [5.74, 6) is -1.07. The Balaban J connectivity index is 2.90. The minimum absolute atomic E-state index is 0.0483. The number of halogens is 2. The first kappa shape index (κ1) is 12.5. The lowest BCUT2D eigenvalue weighted by atomic mass is 10.0. The summed E-state index contributed by atoms with van der Waals surface area (Å²) in [5.41, 5.74) is 0.306. The monoisotopic (exact) mass is 232 g/mol. The van der Waals surface area contributed by atoms with E-state index in [0.717, 1.165) is 5.75 Å². The number of benzene rings is 1. The number of rotatable bonds is 4. The highest BCUT2D eigenvalue weighted by Crippen LogP contribution is 2.24. The van der Waals surface area contributed by atoms with Crippen LogP contribution in [0.5, 0.6) is 0 Å². The third kappa shape index (κ3) is 2.92. The van der Waals surface area contributed by atoms with Crippen molar-refractivity contribution in [1.29, 1.82) is 0 Å². The molecule has 1 aromatic rings. The van der Waals surface area contributed by atoms with Crippen molar-refractivity contribution >= 4 is 11.8 Å². The summed E-state index contributed by atoms with van der Waals surface area (Å²) in [7, 11) is 0. The molecule has 1 unspecified atom stereocenters. The van der Waals surface area contributed by atoms with E-state index in [4.69, 9.17) is 0 Å². The number of hydrogen-bond donors (Lipinski definition) is 1. The summed E-state index contributed by atoms with van der Waals surface area (Å²) in [6.45, 7) is 1.50. The maximum absolute atomic E-state index is 13.4. The summed E-state index contributed by atoms with van der Waals surface area (Å²) in [6.07, 6.45) is 1.41.